The second-order valence-electron chi connectivity index (χ2n) is 6.84. The number of benzene rings is 1. The van der Waals surface area contributed by atoms with Crippen molar-refractivity contribution >= 4 is 33.7 Å². The van der Waals surface area contributed by atoms with E-state index in [1.807, 2.05) is 0 Å². The largest absolute Gasteiger partial charge is 0.272 e. The van der Waals surface area contributed by atoms with E-state index >= 15 is 0 Å². The predicted octanol–water partition coefficient (Wildman–Crippen LogP) is 3.21. The summed E-state index contributed by atoms with van der Waals surface area (Å²) in [6, 6.07) is 11.1. The summed E-state index contributed by atoms with van der Waals surface area (Å²) in [6.07, 6.45) is 7.46. The van der Waals surface area contributed by atoms with Gasteiger partial charge in [0.1, 0.15) is 0 Å². The number of pyridine rings is 1. The summed E-state index contributed by atoms with van der Waals surface area (Å²) in [5.41, 5.74) is 2.99. The van der Waals surface area contributed by atoms with Crippen molar-refractivity contribution in [1.82, 2.24) is 14.7 Å². The fourth-order valence-corrected chi connectivity index (χ4v) is 5.09. The molecule has 1 aliphatic rings. The van der Waals surface area contributed by atoms with E-state index in [-0.39, 0.29) is 17.5 Å². The molecule has 29 heavy (non-hydrogen) atoms. The van der Waals surface area contributed by atoms with Gasteiger partial charge in [-0.15, -0.1) is 0 Å². The summed E-state index contributed by atoms with van der Waals surface area (Å²) in [7, 11) is -3.84. The van der Waals surface area contributed by atoms with Crippen LogP contribution >= 0.6 is 11.6 Å². The van der Waals surface area contributed by atoms with Crippen LogP contribution < -0.4 is 5.43 Å². The lowest BCUT2D eigenvalue weighted by molar-refractivity contribution is -0.121. The molecule has 2 aromatic rings. The van der Waals surface area contributed by atoms with Crippen LogP contribution in [-0.4, -0.2) is 42.4 Å². The van der Waals surface area contributed by atoms with E-state index in [2.05, 4.69) is 15.5 Å². The zero-order valence-corrected chi connectivity index (χ0v) is 17.4. The first-order valence-electron chi connectivity index (χ1n) is 9.47. The molecule has 0 atom stereocenters. The highest BCUT2D eigenvalue weighted by Crippen LogP contribution is 2.28. The number of hydrogen-bond acceptors (Lipinski definition) is 5. The van der Waals surface area contributed by atoms with Crippen LogP contribution in [0, 0.1) is 0 Å². The van der Waals surface area contributed by atoms with E-state index in [0.717, 1.165) is 32.1 Å². The lowest BCUT2D eigenvalue weighted by Crippen LogP contribution is -2.46. The highest BCUT2D eigenvalue weighted by atomic mass is 35.5. The number of carbonyl (C=O) groups excluding carboxylic acids is 1. The number of aromatic nitrogens is 1. The maximum atomic E-state index is 13.2. The third-order valence-electron chi connectivity index (χ3n) is 4.78. The smallest absolute Gasteiger partial charge is 0.255 e. The number of sulfonamides is 1. The molecule has 1 aromatic heterocycles. The minimum Gasteiger partial charge on any atom is -0.272 e. The van der Waals surface area contributed by atoms with Crippen molar-refractivity contribution in [3.8, 4) is 0 Å². The number of hydrogen-bond donors (Lipinski definition) is 1. The first-order valence-corrected chi connectivity index (χ1v) is 11.3. The second kappa shape index (κ2) is 9.96. The maximum absolute atomic E-state index is 13.2. The molecule has 9 heteroatoms. The molecule has 0 spiro atoms. The monoisotopic (exact) mass is 434 g/mol. The highest BCUT2D eigenvalue weighted by Gasteiger charge is 2.33. The molecule has 1 heterocycles. The molecule has 1 aliphatic carbocycles. The van der Waals surface area contributed by atoms with Crippen LogP contribution in [0.5, 0.6) is 0 Å². The minimum absolute atomic E-state index is 0.122. The van der Waals surface area contributed by atoms with Crippen LogP contribution in [0.2, 0.25) is 5.02 Å². The average molecular weight is 435 g/mol. The van der Waals surface area contributed by atoms with Gasteiger partial charge in [-0.2, -0.15) is 9.41 Å². The highest BCUT2D eigenvalue weighted by molar-refractivity contribution is 7.89. The second-order valence-corrected chi connectivity index (χ2v) is 9.17. The van der Waals surface area contributed by atoms with Crippen molar-refractivity contribution in [2.24, 2.45) is 5.10 Å². The average Bonchev–Trinajstić information content (AvgIpc) is 2.73. The Morgan fingerprint density at radius 1 is 1.17 bits per heavy atom. The Balaban J connectivity index is 1.75. The molecule has 1 aromatic carbocycles. The molecule has 1 fully saturated rings. The third kappa shape index (κ3) is 5.85. The Morgan fingerprint density at radius 3 is 2.55 bits per heavy atom. The number of halogens is 1. The Bertz CT molecular complexity index is 943. The normalized spacial score (nSPS) is 15.7. The predicted molar refractivity (Wildman–Crippen MR) is 112 cm³/mol. The SMILES string of the molecule is O=C(CN(C1CCCCC1)S(=O)(=O)c1ccc(Cl)cc1)NN=Cc1ccccn1. The van der Waals surface area contributed by atoms with Gasteiger partial charge in [-0.25, -0.2) is 13.8 Å². The molecule has 1 amide bonds. The van der Waals surface area contributed by atoms with Gasteiger partial charge >= 0.3 is 0 Å². The van der Waals surface area contributed by atoms with Gasteiger partial charge in [0.2, 0.25) is 10.0 Å². The topological polar surface area (TPSA) is 91.7 Å². The summed E-state index contributed by atoms with van der Waals surface area (Å²) in [6.45, 7) is -0.296. The lowest BCUT2D eigenvalue weighted by atomic mass is 9.95. The Labute approximate surface area is 175 Å². The molecule has 0 unspecified atom stereocenters. The Hall–Kier alpha value is -2.29. The van der Waals surface area contributed by atoms with E-state index in [1.165, 1.54) is 34.8 Å². The fraction of sp³-hybridized carbons (Fsp3) is 0.350. The first-order chi connectivity index (χ1) is 14.0. The third-order valence-corrected chi connectivity index (χ3v) is 6.94. The molecule has 1 saturated carbocycles. The van der Waals surface area contributed by atoms with Gasteiger partial charge in [0.05, 0.1) is 23.3 Å². The molecule has 7 nitrogen and oxygen atoms in total. The Kier molecular flexibility index (Phi) is 7.35. The van der Waals surface area contributed by atoms with Gasteiger partial charge in [-0.3, -0.25) is 9.78 Å². The van der Waals surface area contributed by atoms with E-state index in [1.54, 1.807) is 24.4 Å². The molecule has 0 saturated heterocycles. The molecular formula is C20H23ClN4O3S. The number of nitrogens with one attached hydrogen (secondary N) is 1. The molecule has 3 rings (SSSR count). The van der Waals surface area contributed by atoms with Crippen molar-refractivity contribution < 1.29 is 13.2 Å². The number of amides is 1. The van der Waals surface area contributed by atoms with Gasteiger partial charge in [0, 0.05) is 17.3 Å². The van der Waals surface area contributed by atoms with E-state index in [9.17, 15) is 13.2 Å². The number of rotatable bonds is 7. The summed E-state index contributed by atoms with van der Waals surface area (Å²) in [4.78, 5) is 16.6. The molecule has 0 radical (unpaired) electrons. The van der Waals surface area contributed by atoms with Crippen molar-refractivity contribution in [3.63, 3.8) is 0 Å². The summed E-state index contributed by atoms with van der Waals surface area (Å²) in [5.74, 6) is -0.500. The molecule has 0 aliphatic heterocycles. The van der Waals surface area contributed by atoms with Crippen LogP contribution in [0.4, 0.5) is 0 Å². The zero-order chi connectivity index (χ0) is 20.7. The van der Waals surface area contributed by atoms with Gasteiger partial charge in [0.25, 0.3) is 5.91 Å². The van der Waals surface area contributed by atoms with Gasteiger partial charge < -0.3 is 0 Å². The van der Waals surface area contributed by atoms with Gasteiger partial charge in [-0.1, -0.05) is 36.9 Å². The lowest BCUT2D eigenvalue weighted by Gasteiger charge is -2.32. The fourth-order valence-electron chi connectivity index (χ4n) is 3.32. The van der Waals surface area contributed by atoms with Gasteiger partial charge in [-0.05, 0) is 49.2 Å². The molecule has 0 bridgehead atoms. The van der Waals surface area contributed by atoms with E-state index in [0.29, 0.717) is 10.7 Å². The van der Waals surface area contributed by atoms with Crippen molar-refractivity contribution in [3.05, 3.63) is 59.4 Å². The zero-order valence-electron chi connectivity index (χ0n) is 15.9. The van der Waals surface area contributed by atoms with Crippen LogP contribution in [0.25, 0.3) is 0 Å². The first kappa shape index (κ1) is 21.4. The summed E-state index contributed by atoms with van der Waals surface area (Å²) < 4.78 is 27.7. The van der Waals surface area contributed by atoms with Crippen molar-refractivity contribution in [2.45, 2.75) is 43.0 Å². The number of nitrogens with zero attached hydrogens (tertiary/aromatic N) is 3. The molecular weight excluding hydrogens is 412 g/mol. The van der Waals surface area contributed by atoms with Crippen LogP contribution in [-0.2, 0) is 14.8 Å². The van der Waals surface area contributed by atoms with E-state index < -0.39 is 15.9 Å². The molecule has 154 valence electrons. The maximum Gasteiger partial charge on any atom is 0.255 e. The summed E-state index contributed by atoms with van der Waals surface area (Å²) in [5, 5.41) is 4.33. The van der Waals surface area contributed by atoms with Crippen LogP contribution in [0.15, 0.2) is 58.7 Å². The summed E-state index contributed by atoms with van der Waals surface area (Å²) >= 11 is 5.89. The van der Waals surface area contributed by atoms with Crippen molar-refractivity contribution in [1.29, 1.82) is 0 Å². The van der Waals surface area contributed by atoms with Crippen LogP contribution in [0.1, 0.15) is 37.8 Å². The molecule has 1 N–H and O–H groups in total. The number of hydrazone groups is 1. The minimum atomic E-state index is -3.84. The quantitative estimate of drug-likeness (QED) is 0.535. The van der Waals surface area contributed by atoms with Crippen LogP contribution in [0.3, 0.4) is 0 Å². The van der Waals surface area contributed by atoms with E-state index in [4.69, 9.17) is 11.6 Å². The standard InChI is InChI=1S/C20H23ClN4O3S/c21-16-9-11-19(12-10-16)29(27,28)25(18-7-2-1-3-8-18)15-20(26)24-23-14-17-6-4-5-13-22-17/h4-6,9-14,18H,1-3,7-8,15H2,(H,24,26). The van der Waals surface area contributed by atoms with Crippen molar-refractivity contribution in [2.75, 3.05) is 6.54 Å². The number of carbonyl (C=O) groups is 1. The Morgan fingerprint density at radius 2 is 1.90 bits per heavy atom. The van der Waals surface area contributed by atoms with Gasteiger partial charge in [0.15, 0.2) is 0 Å².